The van der Waals surface area contributed by atoms with Gasteiger partial charge in [0.15, 0.2) is 0 Å². The molecule has 0 atom stereocenters. The van der Waals surface area contributed by atoms with E-state index in [2.05, 4.69) is 35.0 Å². The van der Waals surface area contributed by atoms with E-state index in [1.54, 1.807) is 0 Å². The first-order chi connectivity index (χ1) is 7.88. The van der Waals surface area contributed by atoms with Gasteiger partial charge >= 0.3 is 0 Å². The van der Waals surface area contributed by atoms with Crippen LogP contribution in [0, 0.1) is 5.92 Å². The number of hydrogen-bond donors (Lipinski definition) is 1. The molecule has 0 amide bonds. The normalized spacial score (nSPS) is 15.8. The number of nitrogens with two attached hydrogens (primary N) is 1. The maximum Gasteiger partial charge on any atom is 0.0483 e. The van der Waals surface area contributed by atoms with Crippen molar-refractivity contribution in [2.75, 3.05) is 6.54 Å². The molecule has 2 aromatic rings. The Balaban J connectivity index is 2.01. The fourth-order valence-corrected chi connectivity index (χ4v) is 2.40. The minimum absolute atomic E-state index is 0.729. The molecular formula is C14H18N2. The van der Waals surface area contributed by atoms with Crippen molar-refractivity contribution in [1.82, 2.24) is 4.57 Å². The second-order valence-electron chi connectivity index (χ2n) is 4.80. The Hall–Kier alpha value is -1.28. The summed E-state index contributed by atoms with van der Waals surface area (Å²) in [5.74, 6) is 0.925. The van der Waals surface area contributed by atoms with E-state index in [0.717, 1.165) is 18.9 Å². The summed E-state index contributed by atoms with van der Waals surface area (Å²) in [6, 6.07) is 8.80. The van der Waals surface area contributed by atoms with Crippen LogP contribution < -0.4 is 5.73 Å². The van der Waals surface area contributed by atoms with Gasteiger partial charge in [0.1, 0.15) is 0 Å². The number of fused-ring (bicyclic) bond motifs is 1. The lowest BCUT2D eigenvalue weighted by molar-refractivity contribution is 0.647. The third kappa shape index (κ3) is 1.74. The first-order valence-corrected chi connectivity index (χ1v) is 6.15. The van der Waals surface area contributed by atoms with E-state index >= 15 is 0 Å². The molecule has 1 heterocycles. The molecule has 0 aliphatic heterocycles. The molecular weight excluding hydrogens is 196 g/mol. The van der Waals surface area contributed by atoms with Crippen molar-refractivity contribution in [1.29, 1.82) is 0 Å². The highest BCUT2D eigenvalue weighted by molar-refractivity contribution is 5.83. The number of aromatic nitrogens is 1. The Morgan fingerprint density at radius 3 is 2.88 bits per heavy atom. The summed E-state index contributed by atoms with van der Waals surface area (Å²) in [5, 5.41) is 1.38. The molecule has 2 nitrogen and oxygen atoms in total. The zero-order valence-corrected chi connectivity index (χ0v) is 9.52. The van der Waals surface area contributed by atoms with Crippen LogP contribution in [0.4, 0.5) is 0 Å². The molecule has 0 spiro atoms. The Bertz CT molecular complexity index is 494. The van der Waals surface area contributed by atoms with Crippen molar-refractivity contribution in [3.8, 4) is 0 Å². The molecule has 1 aliphatic rings. The smallest absolute Gasteiger partial charge is 0.0483 e. The van der Waals surface area contributed by atoms with Crippen LogP contribution in [-0.2, 0) is 13.0 Å². The van der Waals surface area contributed by atoms with Crippen LogP contribution in [0.1, 0.15) is 18.4 Å². The molecule has 1 aromatic heterocycles. The standard InChI is InChI=1S/C14H18N2/c15-8-6-12-2-1-3-14-13(12)7-9-16(14)10-11-4-5-11/h1-3,7,9,11H,4-6,8,10,15H2. The molecule has 16 heavy (non-hydrogen) atoms. The van der Waals surface area contributed by atoms with Gasteiger partial charge in [-0.05, 0) is 49.4 Å². The van der Waals surface area contributed by atoms with E-state index in [9.17, 15) is 0 Å². The highest BCUT2D eigenvalue weighted by atomic mass is 15.0. The van der Waals surface area contributed by atoms with Gasteiger partial charge in [0.2, 0.25) is 0 Å². The number of nitrogens with zero attached hydrogens (tertiary/aromatic N) is 1. The van der Waals surface area contributed by atoms with Crippen LogP contribution in [0.5, 0.6) is 0 Å². The third-order valence-electron chi connectivity index (χ3n) is 3.47. The van der Waals surface area contributed by atoms with Crippen molar-refractivity contribution in [3.05, 3.63) is 36.0 Å². The molecule has 2 N–H and O–H groups in total. The van der Waals surface area contributed by atoms with Gasteiger partial charge in [-0.1, -0.05) is 12.1 Å². The van der Waals surface area contributed by atoms with Gasteiger partial charge in [0.05, 0.1) is 0 Å². The lowest BCUT2D eigenvalue weighted by Crippen LogP contribution is -2.03. The van der Waals surface area contributed by atoms with Gasteiger partial charge < -0.3 is 10.3 Å². The van der Waals surface area contributed by atoms with Crippen LogP contribution in [0.2, 0.25) is 0 Å². The second kappa shape index (κ2) is 3.95. The second-order valence-corrected chi connectivity index (χ2v) is 4.80. The van der Waals surface area contributed by atoms with Crippen molar-refractivity contribution in [3.63, 3.8) is 0 Å². The number of hydrogen-bond acceptors (Lipinski definition) is 1. The van der Waals surface area contributed by atoms with Crippen LogP contribution >= 0.6 is 0 Å². The van der Waals surface area contributed by atoms with Gasteiger partial charge in [-0.15, -0.1) is 0 Å². The van der Waals surface area contributed by atoms with Gasteiger partial charge in [-0.25, -0.2) is 0 Å². The Morgan fingerprint density at radius 1 is 1.25 bits per heavy atom. The van der Waals surface area contributed by atoms with Crippen LogP contribution in [0.3, 0.4) is 0 Å². The first kappa shape index (κ1) is 9.91. The molecule has 3 rings (SSSR count). The molecule has 0 saturated heterocycles. The Kier molecular flexibility index (Phi) is 2.44. The van der Waals surface area contributed by atoms with Gasteiger partial charge in [0.25, 0.3) is 0 Å². The molecule has 1 aromatic carbocycles. The minimum atomic E-state index is 0.729. The van der Waals surface area contributed by atoms with E-state index in [1.807, 2.05) is 0 Å². The van der Waals surface area contributed by atoms with Crippen LogP contribution in [-0.4, -0.2) is 11.1 Å². The van der Waals surface area contributed by atoms with E-state index in [4.69, 9.17) is 5.73 Å². The summed E-state index contributed by atoms with van der Waals surface area (Å²) in [5.41, 5.74) is 8.40. The van der Waals surface area contributed by atoms with Crippen LogP contribution in [0.25, 0.3) is 10.9 Å². The van der Waals surface area contributed by atoms with Crippen molar-refractivity contribution in [2.24, 2.45) is 11.7 Å². The summed E-state index contributed by atoms with van der Waals surface area (Å²) in [4.78, 5) is 0. The van der Waals surface area contributed by atoms with Crippen molar-refractivity contribution in [2.45, 2.75) is 25.8 Å². The number of benzene rings is 1. The van der Waals surface area contributed by atoms with Gasteiger partial charge in [-0.3, -0.25) is 0 Å². The molecule has 0 radical (unpaired) electrons. The molecule has 1 fully saturated rings. The predicted molar refractivity (Wildman–Crippen MR) is 67.4 cm³/mol. The summed E-state index contributed by atoms with van der Waals surface area (Å²) in [6.07, 6.45) is 6.01. The summed E-state index contributed by atoms with van der Waals surface area (Å²) < 4.78 is 2.40. The molecule has 0 bridgehead atoms. The van der Waals surface area contributed by atoms with E-state index in [1.165, 1.54) is 35.9 Å². The monoisotopic (exact) mass is 214 g/mol. The van der Waals surface area contributed by atoms with E-state index in [-0.39, 0.29) is 0 Å². The topological polar surface area (TPSA) is 30.9 Å². The van der Waals surface area contributed by atoms with Crippen molar-refractivity contribution < 1.29 is 0 Å². The lowest BCUT2D eigenvalue weighted by atomic mass is 10.1. The highest BCUT2D eigenvalue weighted by Gasteiger charge is 2.22. The number of rotatable bonds is 4. The fraction of sp³-hybridized carbons (Fsp3) is 0.429. The fourth-order valence-electron chi connectivity index (χ4n) is 2.40. The molecule has 0 unspecified atom stereocenters. The SMILES string of the molecule is NCCc1cccc2c1ccn2CC1CC1. The van der Waals surface area contributed by atoms with Gasteiger partial charge in [0, 0.05) is 23.6 Å². The van der Waals surface area contributed by atoms with Crippen molar-refractivity contribution >= 4 is 10.9 Å². The average Bonchev–Trinajstić information content (AvgIpc) is 3.01. The molecule has 2 heteroatoms. The maximum atomic E-state index is 5.64. The summed E-state index contributed by atoms with van der Waals surface area (Å²) in [7, 11) is 0. The quantitative estimate of drug-likeness (QED) is 0.833. The summed E-state index contributed by atoms with van der Waals surface area (Å²) in [6.45, 7) is 1.92. The van der Waals surface area contributed by atoms with E-state index in [0.29, 0.717) is 0 Å². The Morgan fingerprint density at radius 2 is 2.12 bits per heavy atom. The van der Waals surface area contributed by atoms with Crippen LogP contribution in [0.15, 0.2) is 30.5 Å². The highest BCUT2D eigenvalue weighted by Crippen LogP contribution is 2.32. The third-order valence-corrected chi connectivity index (χ3v) is 3.47. The Labute approximate surface area is 96.1 Å². The largest absolute Gasteiger partial charge is 0.347 e. The zero-order valence-electron chi connectivity index (χ0n) is 9.52. The minimum Gasteiger partial charge on any atom is -0.347 e. The lowest BCUT2D eigenvalue weighted by Gasteiger charge is -2.05. The molecule has 1 saturated carbocycles. The maximum absolute atomic E-state index is 5.64. The molecule has 84 valence electrons. The zero-order chi connectivity index (χ0) is 11.0. The van der Waals surface area contributed by atoms with Gasteiger partial charge in [-0.2, -0.15) is 0 Å². The molecule has 1 aliphatic carbocycles. The van der Waals surface area contributed by atoms with E-state index < -0.39 is 0 Å². The average molecular weight is 214 g/mol. The summed E-state index contributed by atoms with van der Waals surface area (Å²) >= 11 is 0. The first-order valence-electron chi connectivity index (χ1n) is 6.15. The predicted octanol–water partition coefficient (Wildman–Crippen LogP) is 2.55.